The Morgan fingerprint density at radius 1 is 1.38 bits per heavy atom. The third-order valence-corrected chi connectivity index (χ3v) is 2.55. The highest BCUT2D eigenvalue weighted by molar-refractivity contribution is 6.18. The van der Waals surface area contributed by atoms with Crippen LogP contribution in [0.4, 0.5) is 0 Å². The second-order valence-electron chi connectivity index (χ2n) is 3.51. The van der Waals surface area contributed by atoms with Crippen molar-refractivity contribution in [3.63, 3.8) is 0 Å². The largest absolute Gasteiger partial charge is 0.454 e. The zero-order valence-corrected chi connectivity index (χ0v) is 9.44. The first-order chi connectivity index (χ1) is 7.79. The van der Waals surface area contributed by atoms with Gasteiger partial charge < -0.3 is 19.3 Å². The first-order valence-corrected chi connectivity index (χ1v) is 5.53. The monoisotopic (exact) mass is 244 g/mol. The number of hydrogen-bond acceptors (Lipinski definition) is 4. The molecule has 1 atom stereocenters. The fourth-order valence-electron chi connectivity index (χ4n) is 1.39. The standard InChI is InChI=1S/C11H13ClO4/c12-4-9(13)6-14-5-8-1-2-10-11(3-8)16-7-15-10/h1-3,9,13H,4-7H2. The Hall–Kier alpha value is -0.970. The lowest BCUT2D eigenvalue weighted by molar-refractivity contribution is 0.0391. The van der Waals surface area contributed by atoms with E-state index in [2.05, 4.69) is 0 Å². The number of halogens is 1. The van der Waals surface area contributed by atoms with E-state index in [1.807, 2.05) is 18.2 Å². The van der Waals surface area contributed by atoms with Gasteiger partial charge in [0.05, 0.1) is 25.2 Å². The van der Waals surface area contributed by atoms with Crippen molar-refractivity contribution in [2.75, 3.05) is 19.3 Å². The van der Waals surface area contributed by atoms with Crippen molar-refractivity contribution in [3.05, 3.63) is 23.8 Å². The molecule has 1 N–H and O–H groups in total. The molecule has 1 unspecified atom stereocenters. The minimum atomic E-state index is -0.615. The molecule has 0 saturated heterocycles. The first-order valence-electron chi connectivity index (χ1n) is 5.00. The van der Waals surface area contributed by atoms with E-state index < -0.39 is 6.10 Å². The Balaban J connectivity index is 1.86. The highest BCUT2D eigenvalue weighted by Gasteiger charge is 2.13. The van der Waals surface area contributed by atoms with Gasteiger partial charge in [0, 0.05) is 0 Å². The molecule has 16 heavy (non-hydrogen) atoms. The summed E-state index contributed by atoms with van der Waals surface area (Å²) >= 11 is 5.44. The normalized spacial score (nSPS) is 15.1. The van der Waals surface area contributed by atoms with Gasteiger partial charge in [-0.05, 0) is 17.7 Å². The van der Waals surface area contributed by atoms with Crippen molar-refractivity contribution in [2.45, 2.75) is 12.7 Å². The van der Waals surface area contributed by atoms with E-state index in [0.29, 0.717) is 6.61 Å². The Kier molecular flexibility index (Phi) is 3.88. The molecule has 4 nitrogen and oxygen atoms in total. The summed E-state index contributed by atoms with van der Waals surface area (Å²) in [6, 6.07) is 5.62. The third-order valence-electron chi connectivity index (χ3n) is 2.19. The van der Waals surface area contributed by atoms with Crippen LogP contribution in [0, 0.1) is 0 Å². The number of hydrogen-bond donors (Lipinski definition) is 1. The van der Waals surface area contributed by atoms with Crippen LogP contribution in [0.2, 0.25) is 0 Å². The molecular weight excluding hydrogens is 232 g/mol. The fraction of sp³-hybridized carbons (Fsp3) is 0.455. The zero-order chi connectivity index (χ0) is 11.4. The number of aliphatic hydroxyl groups excluding tert-OH is 1. The van der Waals surface area contributed by atoms with Crippen LogP contribution in [-0.4, -0.2) is 30.5 Å². The summed E-state index contributed by atoms with van der Waals surface area (Å²) in [6.07, 6.45) is -0.615. The summed E-state index contributed by atoms with van der Waals surface area (Å²) in [4.78, 5) is 0. The Bertz CT molecular complexity index is 356. The van der Waals surface area contributed by atoms with E-state index in [1.54, 1.807) is 0 Å². The Morgan fingerprint density at radius 3 is 3.00 bits per heavy atom. The maximum Gasteiger partial charge on any atom is 0.231 e. The van der Waals surface area contributed by atoms with Crippen molar-refractivity contribution in [1.82, 2.24) is 0 Å². The molecule has 1 aromatic rings. The highest BCUT2D eigenvalue weighted by atomic mass is 35.5. The Labute approximate surface area is 98.7 Å². The van der Waals surface area contributed by atoms with E-state index in [1.165, 1.54) is 0 Å². The minimum Gasteiger partial charge on any atom is -0.454 e. The van der Waals surface area contributed by atoms with Crippen LogP contribution in [0.1, 0.15) is 5.56 Å². The quantitative estimate of drug-likeness (QED) is 0.798. The van der Waals surface area contributed by atoms with E-state index in [4.69, 9.17) is 25.8 Å². The summed E-state index contributed by atoms with van der Waals surface area (Å²) in [5.74, 6) is 1.67. The minimum absolute atomic E-state index is 0.182. The SMILES string of the molecule is OC(CCl)COCc1ccc2c(c1)OCO2. The van der Waals surface area contributed by atoms with E-state index in [9.17, 15) is 5.11 Å². The smallest absolute Gasteiger partial charge is 0.231 e. The maximum atomic E-state index is 9.19. The zero-order valence-electron chi connectivity index (χ0n) is 8.69. The van der Waals surface area contributed by atoms with Crippen LogP contribution in [0.3, 0.4) is 0 Å². The first kappa shape index (κ1) is 11.5. The molecule has 0 saturated carbocycles. The lowest BCUT2D eigenvalue weighted by Gasteiger charge is -2.08. The molecule has 0 amide bonds. The predicted octanol–water partition coefficient (Wildman–Crippen LogP) is 1.53. The highest BCUT2D eigenvalue weighted by Crippen LogP contribution is 2.32. The van der Waals surface area contributed by atoms with Gasteiger partial charge in [-0.25, -0.2) is 0 Å². The van der Waals surface area contributed by atoms with Crippen molar-refractivity contribution in [3.8, 4) is 11.5 Å². The van der Waals surface area contributed by atoms with Gasteiger partial charge in [-0.1, -0.05) is 6.07 Å². The van der Waals surface area contributed by atoms with Gasteiger partial charge in [0.15, 0.2) is 11.5 Å². The molecule has 0 aliphatic carbocycles. The van der Waals surface area contributed by atoms with Gasteiger partial charge >= 0.3 is 0 Å². The summed E-state index contributed by atoms with van der Waals surface area (Å²) in [7, 11) is 0. The van der Waals surface area contributed by atoms with E-state index in [0.717, 1.165) is 17.1 Å². The second-order valence-corrected chi connectivity index (χ2v) is 3.82. The number of alkyl halides is 1. The summed E-state index contributed by atoms with van der Waals surface area (Å²) in [6.45, 7) is 0.924. The van der Waals surface area contributed by atoms with Crippen LogP contribution in [0.15, 0.2) is 18.2 Å². The molecule has 2 rings (SSSR count). The van der Waals surface area contributed by atoms with Gasteiger partial charge in [0.25, 0.3) is 0 Å². The molecule has 0 fully saturated rings. The summed E-state index contributed by atoms with van der Waals surface area (Å²) in [5, 5.41) is 9.19. The summed E-state index contributed by atoms with van der Waals surface area (Å²) < 4.78 is 15.7. The predicted molar refractivity (Wildman–Crippen MR) is 58.9 cm³/mol. The molecule has 1 aromatic carbocycles. The molecule has 0 spiro atoms. The van der Waals surface area contributed by atoms with Crippen molar-refractivity contribution >= 4 is 11.6 Å². The number of fused-ring (bicyclic) bond motifs is 1. The number of rotatable bonds is 5. The molecular formula is C11H13ClO4. The molecule has 0 radical (unpaired) electrons. The van der Waals surface area contributed by atoms with Crippen LogP contribution in [0.25, 0.3) is 0 Å². The third kappa shape index (κ3) is 2.78. The number of benzene rings is 1. The van der Waals surface area contributed by atoms with Gasteiger partial charge in [-0.15, -0.1) is 11.6 Å². The molecule has 0 aromatic heterocycles. The average Bonchev–Trinajstić information content (AvgIpc) is 2.76. The molecule has 1 aliphatic rings. The van der Waals surface area contributed by atoms with Crippen LogP contribution in [0.5, 0.6) is 11.5 Å². The van der Waals surface area contributed by atoms with Crippen molar-refractivity contribution in [1.29, 1.82) is 0 Å². The molecule has 1 heterocycles. The maximum absolute atomic E-state index is 9.19. The number of ether oxygens (including phenoxy) is 3. The molecule has 1 aliphatic heterocycles. The van der Waals surface area contributed by atoms with Gasteiger partial charge in [0.1, 0.15) is 0 Å². The molecule has 0 bridgehead atoms. The topological polar surface area (TPSA) is 47.9 Å². The Morgan fingerprint density at radius 2 is 2.19 bits per heavy atom. The van der Waals surface area contributed by atoms with Crippen LogP contribution < -0.4 is 9.47 Å². The van der Waals surface area contributed by atoms with Gasteiger partial charge in [-0.2, -0.15) is 0 Å². The van der Waals surface area contributed by atoms with Gasteiger partial charge in [0.2, 0.25) is 6.79 Å². The van der Waals surface area contributed by atoms with Crippen molar-refractivity contribution in [2.24, 2.45) is 0 Å². The molecule has 88 valence electrons. The van der Waals surface area contributed by atoms with Crippen LogP contribution in [-0.2, 0) is 11.3 Å². The lowest BCUT2D eigenvalue weighted by atomic mass is 10.2. The fourth-order valence-corrected chi connectivity index (χ4v) is 1.48. The molecule has 5 heteroatoms. The lowest BCUT2D eigenvalue weighted by Crippen LogP contribution is -2.16. The van der Waals surface area contributed by atoms with Crippen molar-refractivity contribution < 1.29 is 19.3 Å². The number of aliphatic hydroxyl groups is 1. The average molecular weight is 245 g/mol. The van der Waals surface area contributed by atoms with Crippen LogP contribution >= 0.6 is 11.6 Å². The van der Waals surface area contributed by atoms with E-state index in [-0.39, 0.29) is 19.3 Å². The van der Waals surface area contributed by atoms with Gasteiger partial charge in [-0.3, -0.25) is 0 Å². The summed E-state index contributed by atoms with van der Waals surface area (Å²) in [5.41, 5.74) is 0.978. The van der Waals surface area contributed by atoms with E-state index >= 15 is 0 Å². The second kappa shape index (κ2) is 5.39.